The maximum Gasteiger partial charge on any atom is 0.162 e. The smallest absolute Gasteiger partial charge is 0.162 e. The fourth-order valence-corrected chi connectivity index (χ4v) is 2.14. The Morgan fingerprint density at radius 1 is 1.33 bits per heavy atom. The average Bonchev–Trinajstić information content (AvgIpc) is 2.14. The van der Waals surface area contributed by atoms with Crippen LogP contribution >= 0.6 is 0 Å². The Kier molecular flexibility index (Phi) is 5.27. The van der Waals surface area contributed by atoms with Crippen LogP contribution in [0.3, 0.4) is 0 Å². The lowest BCUT2D eigenvalue weighted by molar-refractivity contribution is 0.441. The Morgan fingerprint density at radius 3 is 2.75 bits per heavy atom. The van der Waals surface area contributed by atoms with E-state index in [2.05, 4.69) is 4.99 Å². The minimum absolute atomic E-state index is 0.232. The second-order valence-electron chi connectivity index (χ2n) is 3.35. The van der Waals surface area contributed by atoms with Crippen LogP contribution in [-0.4, -0.2) is 29.1 Å². The summed E-state index contributed by atoms with van der Waals surface area (Å²) in [6, 6.07) is 1.21. The third-order valence-corrected chi connectivity index (χ3v) is 3.29. The summed E-state index contributed by atoms with van der Waals surface area (Å²) in [6.45, 7) is 1.02. The van der Waals surface area contributed by atoms with Gasteiger partial charge in [0.15, 0.2) is 9.76 Å². The van der Waals surface area contributed by atoms with Crippen molar-refractivity contribution in [2.24, 2.45) is 4.99 Å². The largest absolute Gasteiger partial charge is 0.427 e. The molecule has 0 aromatic carbocycles. The van der Waals surface area contributed by atoms with E-state index >= 15 is 0 Å². The summed E-state index contributed by atoms with van der Waals surface area (Å²) in [6.07, 6.45) is 6.65. The van der Waals surface area contributed by atoms with Gasteiger partial charge in [0.1, 0.15) is 0 Å². The molecule has 1 fully saturated rings. The number of rotatable bonds is 4. The standard InChI is InChI=1S/C9H19NOSi/c1-11-12-8-7-10-9-5-3-2-4-6-9/h2-8,12H2,1H3. The van der Waals surface area contributed by atoms with Gasteiger partial charge in [-0.25, -0.2) is 0 Å². The fraction of sp³-hybridized carbons (Fsp3) is 0.889. The number of aliphatic imine (C=N–C) groups is 1. The highest BCUT2D eigenvalue weighted by Crippen LogP contribution is 2.14. The normalized spacial score (nSPS) is 18.9. The van der Waals surface area contributed by atoms with Gasteiger partial charge in [-0.1, -0.05) is 6.42 Å². The SMILES string of the molecule is CO[SiH2]CCN=C1CCCCC1. The Labute approximate surface area is 77.4 Å². The molecule has 70 valence electrons. The van der Waals surface area contributed by atoms with E-state index in [4.69, 9.17) is 4.43 Å². The summed E-state index contributed by atoms with van der Waals surface area (Å²) < 4.78 is 5.10. The molecule has 0 aliphatic heterocycles. The zero-order chi connectivity index (χ0) is 8.65. The zero-order valence-corrected chi connectivity index (χ0v) is 9.43. The average molecular weight is 185 g/mol. The first-order chi connectivity index (χ1) is 5.93. The molecule has 0 aromatic rings. The van der Waals surface area contributed by atoms with Crippen molar-refractivity contribution < 1.29 is 4.43 Å². The van der Waals surface area contributed by atoms with Gasteiger partial charge in [-0.2, -0.15) is 0 Å². The molecule has 0 aromatic heterocycles. The molecule has 2 nitrogen and oxygen atoms in total. The summed E-state index contributed by atoms with van der Waals surface area (Å²) in [5.74, 6) is 0. The Balaban J connectivity index is 2.08. The summed E-state index contributed by atoms with van der Waals surface area (Å²) >= 11 is 0. The van der Waals surface area contributed by atoms with E-state index in [-0.39, 0.29) is 9.76 Å². The maximum absolute atomic E-state index is 5.10. The van der Waals surface area contributed by atoms with Crippen LogP contribution in [-0.2, 0) is 4.43 Å². The first-order valence-corrected chi connectivity index (χ1v) is 6.52. The Hall–Kier alpha value is -0.153. The van der Waals surface area contributed by atoms with E-state index in [0.29, 0.717) is 0 Å². The molecule has 12 heavy (non-hydrogen) atoms. The molecule has 0 radical (unpaired) electrons. The van der Waals surface area contributed by atoms with E-state index in [1.165, 1.54) is 43.9 Å². The molecular weight excluding hydrogens is 166 g/mol. The third-order valence-electron chi connectivity index (χ3n) is 2.27. The van der Waals surface area contributed by atoms with Crippen molar-refractivity contribution in [3.05, 3.63) is 0 Å². The molecule has 1 saturated carbocycles. The quantitative estimate of drug-likeness (QED) is 0.481. The van der Waals surface area contributed by atoms with Gasteiger partial charge < -0.3 is 4.43 Å². The van der Waals surface area contributed by atoms with E-state index in [1.54, 1.807) is 7.11 Å². The molecule has 0 atom stereocenters. The van der Waals surface area contributed by atoms with Crippen LogP contribution in [0.25, 0.3) is 0 Å². The highest BCUT2D eigenvalue weighted by molar-refractivity contribution is 6.27. The minimum atomic E-state index is -0.232. The van der Waals surface area contributed by atoms with Crippen LogP contribution < -0.4 is 0 Å². The maximum atomic E-state index is 5.10. The van der Waals surface area contributed by atoms with Crippen LogP contribution in [0.4, 0.5) is 0 Å². The molecule has 1 aliphatic rings. The highest BCUT2D eigenvalue weighted by Gasteiger charge is 2.05. The predicted molar refractivity (Wildman–Crippen MR) is 55.7 cm³/mol. The van der Waals surface area contributed by atoms with Crippen LogP contribution in [0.15, 0.2) is 4.99 Å². The molecule has 0 saturated heterocycles. The lowest BCUT2D eigenvalue weighted by Gasteiger charge is -2.11. The van der Waals surface area contributed by atoms with Crippen molar-refractivity contribution in [3.8, 4) is 0 Å². The summed E-state index contributed by atoms with van der Waals surface area (Å²) in [4.78, 5) is 4.59. The molecule has 0 amide bonds. The van der Waals surface area contributed by atoms with Gasteiger partial charge in [0.25, 0.3) is 0 Å². The van der Waals surface area contributed by atoms with E-state index in [0.717, 1.165) is 6.54 Å². The summed E-state index contributed by atoms with van der Waals surface area (Å²) in [5, 5.41) is 0. The fourth-order valence-electron chi connectivity index (χ4n) is 1.56. The number of hydrogen-bond acceptors (Lipinski definition) is 2. The van der Waals surface area contributed by atoms with Gasteiger partial charge in [-0.3, -0.25) is 4.99 Å². The van der Waals surface area contributed by atoms with Crippen LogP contribution in [0.1, 0.15) is 32.1 Å². The minimum Gasteiger partial charge on any atom is -0.427 e. The van der Waals surface area contributed by atoms with Gasteiger partial charge in [-0.15, -0.1) is 0 Å². The number of nitrogens with zero attached hydrogens (tertiary/aromatic N) is 1. The van der Waals surface area contributed by atoms with E-state index < -0.39 is 0 Å². The third kappa shape index (κ3) is 4.02. The van der Waals surface area contributed by atoms with Crippen molar-refractivity contribution in [1.82, 2.24) is 0 Å². The molecule has 0 bridgehead atoms. The van der Waals surface area contributed by atoms with Crippen LogP contribution in [0.2, 0.25) is 6.04 Å². The molecule has 0 spiro atoms. The molecule has 1 aliphatic carbocycles. The van der Waals surface area contributed by atoms with Crippen molar-refractivity contribution in [2.45, 2.75) is 38.1 Å². The highest BCUT2D eigenvalue weighted by atomic mass is 28.2. The van der Waals surface area contributed by atoms with Crippen molar-refractivity contribution in [2.75, 3.05) is 13.7 Å². The van der Waals surface area contributed by atoms with E-state index in [9.17, 15) is 0 Å². The molecule has 1 rings (SSSR count). The second kappa shape index (κ2) is 6.37. The first-order valence-electron chi connectivity index (χ1n) is 4.94. The monoisotopic (exact) mass is 185 g/mol. The molecule has 0 heterocycles. The predicted octanol–water partition coefficient (Wildman–Crippen LogP) is 1.54. The number of hydrogen-bond donors (Lipinski definition) is 0. The van der Waals surface area contributed by atoms with Gasteiger partial charge in [-0.05, 0) is 31.7 Å². The van der Waals surface area contributed by atoms with Crippen LogP contribution in [0, 0.1) is 0 Å². The molecular formula is C9H19NOSi. The Bertz CT molecular complexity index is 139. The second-order valence-corrected chi connectivity index (χ2v) is 5.05. The van der Waals surface area contributed by atoms with E-state index in [1.807, 2.05) is 0 Å². The summed E-state index contributed by atoms with van der Waals surface area (Å²) in [7, 11) is 1.57. The van der Waals surface area contributed by atoms with Crippen molar-refractivity contribution in [3.63, 3.8) is 0 Å². The molecule has 0 unspecified atom stereocenters. The zero-order valence-electron chi connectivity index (χ0n) is 8.01. The first kappa shape index (κ1) is 9.93. The molecule has 3 heteroatoms. The topological polar surface area (TPSA) is 21.6 Å². The Morgan fingerprint density at radius 2 is 2.08 bits per heavy atom. The van der Waals surface area contributed by atoms with Gasteiger partial charge in [0, 0.05) is 19.4 Å². The van der Waals surface area contributed by atoms with Crippen LogP contribution in [0.5, 0.6) is 0 Å². The van der Waals surface area contributed by atoms with Gasteiger partial charge in [0.2, 0.25) is 0 Å². The lowest BCUT2D eigenvalue weighted by Crippen LogP contribution is -2.06. The summed E-state index contributed by atoms with van der Waals surface area (Å²) in [5.41, 5.74) is 1.46. The van der Waals surface area contributed by atoms with Gasteiger partial charge in [0.05, 0.1) is 0 Å². The molecule has 0 N–H and O–H groups in total. The van der Waals surface area contributed by atoms with Crippen molar-refractivity contribution in [1.29, 1.82) is 0 Å². The van der Waals surface area contributed by atoms with Crippen molar-refractivity contribution >= 4 is 15.5 Å². The lowest BCUT2D eigenvalue weighted by atomic mass is 9.99. The van der Waals surface area contributed by atoms with Gasteiger partial charge >= 0.3 is 0 Å².